The SMILES string of the molecule is [CH](Cc1ccccc1)[SH]1C=CC=C1. The van der Waals surface area contributed by atoms with Crippen molar-refractivity contribution in [2.75, 3.05) is 0 Å². The molecule has 67 valence electrons. The van der Waals surface area contributed by atoms with Crippen molar-refractivity contribution >= 4 is 10.9 Å². The van der Waals surface area contributed by atoms with Gasteiger partial charge in [-0.3, -0.25) is 0 Å². The van der Waals surface area contributed by atoms with Gasteiger partial charge in [-0.25, -0.2) is 10.9 Å². The Kier molecular flexibility index (Phi) is 2.88. The molecule has 1 heteroatoms. The van der Waals surface area contributed by atoms with Crippen molar-refractivity contribution in [1.29, 1.82) is 0 Å². The van der Waals surface area contributed by atoms with Gasteiger partial charge in [-0.1, -0.05) is 42.5 Å². The number of benzene rings is 1. The number of rotatable bonds is 3. The summed E-state index contributed by atoms with van der Waals surface area (Å²) in [6, 6.07) is 10.6. The molecule has 0 saturated carbocycles. The fourth-order valence-corrected chi connectivity index (χ4v) is 2.66. The van der Waals surface area contributed by atoms with Crippen molar-refractivity contribution in [2.45, 2.75) is 6.42 Å². The van der Waals surface area contributed by atoms with Gasteiger partial charge < -0.3 is 0 Å². The van der Waals surface area contributed by atoms with E-state index in [1.54, 1.807) is 0 Å². The van der Waals surface area contributed by atoms with Gasteiger partial charge in [0.25, 0.3) is 0 Å². The fraction of sp³-hybridized carbons (Fsp3) is 0.0833. The third-order valence-electron chi connectivity index (χ3n) is 2.01. The molecular formula is C12H13S. The van der Waals surface area contributed by atoms with E-state index in [-0.39, 0.29) is 10.9 Å². The van der Waals surface area contributed by atoms with Crippen LogP contribution in [0.3, 0.4) is 0 Å². The van der Waals surface area contributed by atoms with Crippen LogP contribution in [0.4, 0.5) is 0 Å². The van der Waals surface area contributed by atoms with E-state index in [9.17, 15) is 0 Å². The molecule has 0 atom stereocenters. The lowest BCUT2D eigenvalue weighted by molar-refractivity contribution is 1.25. The molecule has 1 aromatic rings. The number of hydrogen-bond donors (Lipinski definition) is 1. The minimum absolute atomic E-state index is 0.0549. The normalized spacial score (nSPS) is 16.8. The lowest BCUT2D eigenvalue weighted by Gasteiger charge is -2.08. The first-order valence-electron chi connectivity index (χ1n) is 4.45. The van der Waals surface area contributed by atoms with Crippen molar-refractivity contribution < 1.29 is 0 Å². The summed E-state index contributed by atoms with van der Waals surface area (Å²) in [5.74, 6) is 2.39. The average Bonchev–Trinajstić information content (AvgIpc) is 2.69. The van der Waals surface area contributed by atoms with E-state index in [0.717, 1.165) is 6.42 Å². The van der Waals surface area contributed by atoms with Crippen molar-refractivity contribution in [3.05, 3.63) is 64.6 Å². The zero-order chi connectivity index (χ0) is 8.93. The average molecular weight is 189 g/mol. The standard InChI is InChI=1S/C12H13S/c1-2-6-12(7-3-1)8-11-13-9-4-5-10-13/h1-7,9-11,13H,8H2. The van der Waals surface area contributed by atoms with Gasteiger partial charge in [0.2, 0.25) is 0 Å². The lowest BCUT2D eigenvalue weighted by Crippen LogP contribution is -1.83. The number of hydrogen-bond acceptors (Lipinski definition) is 0. The Bertz CT molecular complexity index is 299. The van der Waals surface area contributed by atoms with Crippen LogP contribution < -0.4 is 0 Å². The van der Waals surface area contributed by atoms with Gasteiger partial charge in [0.15, 0.2) is 0 Å². The highest BCUT2D eigenvalue weighted by Gasteiger charge is 1.99. The summed E-state index contributed by atoms with van der Waals surface area (Å²) in [5, 5.41) is 4.55. The van der Waals surface area contributed by atoms with Gasteiger partial charge in [0.1, 0.15) is 0 Å². The number of allylic oxidation sites excluding steroid dienone is 2. The lowest BCUT2D eigenvalue weighted by atomic mass is 10.2. The highest BCUT2D eigenvalue weighted by molar-refractivity contribution is 8.24. The summed E-state index contributed by atoms with van der Waals surface area (Å²) in [6.45, 7) is 0. The van der Waals surface area contributed by atoms with Crippen molar-refractivity contribution in [2.24, 2.45) is 0 Å². The van der Waals surface area contributed by atoms with Crippen LogP contribution in [0.1, 0.15) is 5.56 Å². The molecule has 1 aliphatic heterocycles. The van der Waals surface area contributed by atoms with Crippen LogP contribution in [-0.2, 0) is 6.42 Å². The van der Waals surface area contributed by atoms with E-state index >= 15 is 0 Å². The van der Waals surface area contributed by atoms with E-state index in [1.807, 2.05) is 0 Å². The third-order valence-corrected chi connectivity index (χ3v) is 3.65. The molecule has 1 aliphatic rings. The Morgan fingerprint density at radius 3 is 2.38 bits per heavy atom. The largest absolute Gasteiger partial charge is 0.209 e. The summed E-state index contributed by atoms with van der Waals surface area (Å²) < 4.78 is 0. The fourth-order valence-electron chi connectivity index (χ4n) is 1.29. The van der Waals surface area contributed by atoms with Crippen LogP contribution in [-0.4, -0.2) is 0 Å². The molecule has 0 aliphatic carbocycles. The quantitative estimate of drug-likeness (QED) is 0.692. The zero-order valence-electron chi connectivity index (χ0n) is 7.43. The number of thiol groups is 1. The summed E-state index contributed by atoms with van der Waals surface area (Å²) >= 11 is 0. The first-order valence-corrected chi connectivity index (χ1v) is 6.00. The molecule has 0 spiro atoms. The minimum Gasteiger partial charge on any atom is -0.209 e. The summed E-state index contributed by atoms with van der Waals surface area (Å²) in [4.78, 5) is 0. The molecule has 0 saturated heterocycles. The molecule has 1 radical (unpaired) electrons. The van der Waals surface area contributed by atoms with Crippen molar-refractivity contribution in [3.63, 3.8) is 0 Å². The van der Waals surface area contributed by atoms with E-state index in [1.165, 1.54) is 5.56 Å². The maximum absolute atomic E-state index is 2.39. The van der Waals surface area contributed by atoms with Crippen LogP contribution in [0.2, 0.25) is 0 Å². The predicted molar refractivity (Wildman–Crippen MR) is 61.7 cm³/mol. The predicted octanol–water partition coefficient (Wildman–Crippen LogP) is 3.43. The molecule has 2 rings (SSSR count). The van der Waals surface area contributed by atoms with E-state index in [0.29, 0.717) is 0 Å². The van der Waals surface area contributed by atoms with Crippen LogP contribution >= 0.6 is 10.9 Å². The molecule has 0 fully saturated rings. The molecule has 0 nitrogen and oxygen atoms in total. The molecule has 0 bridgehead atoms. The highest BCUT2D eigenvalue weighted by Crippen LogP contribution is 2.36. The Labute approximate surface area is 82.3 Å². The molecular weight excluding hydrogens is 176 g/mol. The van der Waals surface area contributed by atoms with E-state index in [4.69, 9.17) is 0 Å². The Hall–Kier alpha value is -0.950. The zero-order valence-corrected chi connectivity index (χ0v) is 8.32. The summed E-state index contributed by atoms with van der Waals surface area (Å²) in [7, 11) is -0.0549. The topological polar surface area (TPSA) is 0 Å². The maximum atomic E-state index is 2.39. The van der Waals surface area contributed by atoms with Crippen LogP contribution in [0.15, 0.2) is 53.3 Å². The summed E-state index contributed by atoms with van der Waals surface area (Å²) in [6.07, 6.45) is 5.35. The monoisotopic (exact) mass is 189 g/mol. The molecule has 1 heterocycles. The van der Waals surface area contributed by atoms with Crippen molar-refractivity contribution in [3.8, 4) is 0 Å². The highest BCUT2D eigenvalue weighted by atomic mass is 32.2. The second-order valence-electron chi connectivity index (χ2n) is 3.00. The second kappa shape index (κ2) is 4.33. The van der Waals surface area contributed by atoms with E-state index < -0.39 is 0 Å². The van der Waals surface area contributed by atoms with E-state index in [2.05, 4.69) is 59.1 Å². The van der Waals surface area contributed by atoms with Gasteiger partial charge in [-0.2, -0.15) is 0 Å². The molecule has 0 amide bonds. The Morgan fingerprint density at radius 2 is 1.69 bits per heavy atom. The first-order chi connectivity index (χ1) is 6.45. The van der Waals surface area contributed by atoms with Gasteiger partial charge >= 0.3 is 0 Å². The molecule has 1 aromatic carbocycles. The minimum atomic E-state index is -0.0549. The Balaban J connectivity index is 1.86. The molecule has 0 N–H and O–H groups in total. The molecule has 13 heavy (non-hydrogen) atoms. The van der Waals surface area contributed by atoms with Gasteiger partial charge in [0.05, 0.1) is 0 Å². The van der Waals surface area contributed by atoms with Crippen LogP contribution in [0.5, 0.6) is 0 Å². The Morgan fingerprint density at radius 1 is 1.00 bits per heavy atom. The summed E-state index contributed by atoms with van der Waals surface area (Å²) in [5.41, 5.74) is 1.40. The van der Waals surface area contributed by atoms with Gasteiger partial charge in [-0.15, -0.1) is 0 Å². The molecule has 0 aromatic heterocycles. The maximum Gasteiger partial charge on any atom is 0.00819 e. The van der Waals surface area contributed by atoms with Gasteiger partial charge in [0, 0.05) is 5.75 Å². The van der Waals surface area contributed by atoms with Crippen LogP contribution in [0.25, 0.3) is 0 Å². The molecule has 0 unspecified atom stereocenters. The van der Waals surface area contributed by atoms with Gasteiger partial charge in [-0.05, 0) is 22.8 Å². The van der Waals surface area contributed by atoms with Crippen molar-refractivity contribution in [1.82, 2.24) is 0 Å². The smallest absolute Gasteiger partial charge is 0.00819 e. The van der Waals surface area contributed by atoms with Crippen LogP contribution in [0, 0.1) is 5.75 Å². The third kappa shape index (κ3) is 2.49. The second-order valence-corrected chi connectivity index (χ2v) is 4.86. The first kappa shape index (κ1) is 8.64.